The quantitative estimate of drug-likeness (QED) is 0.283. The Balaban J connectivity index is 2.11. The van der Waals surface area contributed by atoms with Crippen LogP contribution in [-0.2, 0) is 38.6 Å². The zero-order chi connectivity index (χ0) is 29.8. The van der Waals surface area contributed by atoms with Gasteiger partial charge in [-0.3, -0.25) is 18.7 Å². The van der Waals surface area contributed by atoms with Gasteiger partial charge < -0.3 is 14.2 Å². The summed E-state index contributed by atoms with van der Waals surface area (Å²) in [6, 6.07) is 0. The first kappa shape index (κ1) is 31.2. The number of carbonyl (C=O) groups excluding carboxylic acids is 2. The van der Waals surface area contributed by atoms with E-state index in [-0.39, 0.29) is 33.4 Å². The van der Waals surface area contributed by atoms with Crippen LogP contribution in [0.3, 0.4) is 0 Å². The lowest BCUT2D eigenvalue weighted by molar-refractivity contribution is -0.142. The highest BCUT2D eigenvalue weighted by Gasteiger charge is 2.33. The molecule has 15 heteroatoms. The third-order valence-corrected chi connectivity index (χ3v) is 7.11. The van der Waals surface area contributed by atoms with Crippen LogP contribution in [-0.4, -0.2) is 57.2 Å². The van der Waals surface area contributed by atoms with Gasteiger partial charge in [-0.05, 0) is 53.0 Å². The van der Waals surface area contributed by atoms with Crippen LogP contribution in [0, 0.1) is 6.92 Å². The van der Waals surface area contributed by atoms with Crippen LogP contribution < -0.4 is 16.7 Å². The number of fused-ring (bicyclic) bond motifs is 1. The van der Waals surface area contributed by atoms with Gasteiger partial charge in [0.15, 0.2) is 0 Å². The summed E-state index contributed by atoms with van der Waals surface area (Å²) in [5.74, 6) is -0.692. The van der Waals surface area contributed by atoms with E-state index >= 15 is 0 Å². The molecule has 1 atom stereocenters. The highest BCUT2D eigenvalue weighted by molar-refractivity contribution is 7.18. The number of aromatic nitrogens is 2. The average molecular weight is 591 g/mol. The summed E-state index contributed by atoms with van der Waals surface area (Å²) in [4.78, 5) is 52.3. The summed E-state index contributed by atoms with van der Waals surface area (Å²) in [7, 11) is 0. The minimum absolute atomic E-state index is 0.0389. The van der Waals surface area contributed by atoms with E-state index in [9.17, 15) is 32.3 Å². The Morgan fingerprint density at radius 1 is 1.23 bits per heavy atom. The maximum Gasteiger partial charge on any atom is 0.426 e. The van der Waals surface area contributed by atoms with Crippen molar-refractivity contribution in [3.05, 3.63) is 43.6 Å². The molecule has 0 saturated carbocycles. The van der Waals surface area contributed by atoms with Crippen LogP contribution in [0.1, 0.15) is 51.0 Å². The number of nitrogens with zero attached hydrogens (tertiary/aromatic N) is 3. The van der Waals surface area contributed by atoms with Gasteiger partial charge in [-0.1, -0.05) is 0 Å². The molecule has 0 radical (unpaired) electrons. The summed E-state index contributed by atoms with van der Waals surface area (Å²) in [6.45, 7) is 6.86. The second-order valence-corrected chi connectivity index (χ2v) is 11.2. The molecular formula is C25H33F3N4O7S. The first-order chi connectivity index (χ1) is 18.6. The van der Waals surface area contributed by atoms with E-state index in [0.717, 1.165) is 39.7 Å². The van der Waals surface area contributed by atoms with Crippen LogP contribution in [0.2, 0.25) is 0 Å². The van der Waals surface area contributed by atoms with E-state index < -0.39 is 47.7 Å². The number of carbonyl (C=O) groups is 2. The molecule has 1 saturated heterocycles. The highest BCUT2D eigenvalue weighted by atomic mass is 32.1. The van der Waals surface area contributed by atoms with Gasteiger partial charge in [0.2, 0.25) is 0 Å². The number of thiophene rings is 1. The van der Waals surface area contributed by atoms with Gasteiger partial charge in [0.05, 0.1) is 37.4 Å². The van der Waals surface area contributed by atoms with Gasteiger partial charge in [-0.2, -0.15) is 13.2 Å². The van der Waals surface area contributed by atoms with Crippen molar-refractivity contribution in [3.8, 4) is 0 Å². The first-order valence-electron chi connectivity index (χ1n) is 12.6. The topological polar surface area (TPSA) is 121 Å². The first-order valence-corrected chi connectivity index (χ1v) is 13.5. The second-order valence-electron chi connectivity index (χ2n) is 10.2. The van der Waals surface area contributed by atoms with Crippen molar-refractivity contribution in [2.75, 3.05) is 13.2 Å². The van der Waals surface area contributed by atoms with E-state index in [1.54, 1.807) is 27.7 Å². The molecule has 0 aliphatic carbocycles. The van der Waals surface area contributed by atoms with Crippen LogP contribution in [0.15, 0.2) is 21.9 Å². The monoisotopic (exact) mass is 590 g/mol. The predicted molar refractivity (Wildman–Crippen MR) is 141 cm³/mol. The Morgan fingerprint density at radius 3 is 2.50 bits per heavy atom. The van der Waals surface area contributed by atoms with E-state index in [4.69, 9.17) is 14.2 Å². The summed E-state index contributed by atoms with van der Waals surface area (Å²) in [6.07, 6.45) is -2.56. The molecule has 1 aliphatic rings. The lowest BCUT2D eigenvalue weighted by Crippen LogP contribution is -2.47. The molecule has 11 nitrogen and oxygen atoms in total. The summed E-state index contributed by atoms with van der Waals surface area (Å²) >= 11 is 0.975. The molecule has 2 aromatic rings. The molecule has 2 aromatic heterocycles. The van der Waals surface area contributed by atoms with Crippen LogP contribution >= 0.6 is 11.3 Å². The van der Waals surface area contributed by atoms with Crippen molar-refractivity contribution < 1.29 is 37.0 Å². The van der Waals surface area contributed by atoms with Gasteiger partial charge >= 0.3 is 18.0 Å². The molecule has 2 amide bonds. The van der Waals surface area contributed by atoms with Gasteiger partial charge in [-0.15, -0.1) is 11.3 Å². The third-order valence-electron chi connectivity index (χ3n) is 5.81. The summed E-state index contributed by atoms with van der Waals surface area (Å²) < 4.78 is 57.2. The van der Waals surface area contributed by atoms with Crippen LogP contribution in [0.5, 0.6) is 0 Å². The molecule has 1 unspecified atom stereocenters. The molecule has 0 aromatic carbocycles. The van der Waals surface area contributed by atoms with E-state index in [2.05, 4.69) is 5.43 Å². The van der Waals surface area contributed by atoms with Gasteiger partial charge in [0.1, 0.15) is 17.0 Å². The van der Waals surface area contributed by atoms with Crippen molar-refractivity contribution in [1.29, 1.82) is 0 Å². The number of amides is 2. The number of hydrazine groups is 1. The number of halogens is 3. The zero-order valence-electron chi connectivity index (χ0n) is 22.9. The normalized spacial score (nSPS) is 16.1. The maximum atomic E-state index is 13.3. The van der Waals surface area contributed by atoms with Crippen LogP contribution in [0.25, 0.3) is 10.2 Å². The number of aryl methyl sites for hydroxylation is 1. The van der Waals surface area contributed by atoms with E-state index in [0.29, 0.717) is 24.5 Å². The van der Waals surface area contributed by atoms with E-state index in [1.165, 1.54) is 6.92 Å². The lowest BCUT2D eigenvalue weighted by atomic mass is 10.2. The summed E-state index contributed by atoms with van der Waals surface area (Å²) in [5, 5.41) is 0.856. The smallest absolute Gasteiger partial charge is 0.426 e. The fourth-order valence-electron chi connectivity index (χ4n) is 4.08. The standard InChI is InChI=1S/C25H33F3N4O7S/c1-6-37-11-9-18(33)32(29-22(35)39-24(3,4)5)13-17-15(2)19-20(34)31(14-25(26,27)28)23(36)30(21(19)40-17)12-16-8-7-10-38-16/h9,11,16H,6-8,10,12-14H2,1-5H3,(H,29,35). The Hall–Kier alpha value is -3.33. The van der Waals surface area contributed by atoms with Crippen molar-refractivity contribution >= 4 is 33.6 Å². The van der Waals surface area contributed by atoms with Crippen molar-refractivity contribution in [2.24, 2.45) is 0 Å². The molecular weight excluding hydrogens is 557 g/mol. The Labute approximate surface area is 232 Å². The number of nitrogens with one attached hydrogen (secondary N) is 1. The SMILES string of the molecule is CCOC=CC(=O)N(Cc1sc2c(c1C)c(=O)n(CC(F)(F)F)c(=O)n2CC1CCCO1)NC(=O)OC(C)(C)C. The molecule has 1 aliphatic heterocycles. The Bertz CT molecular complexity index is 1380. The molecule has 0 bridgehead atoms. The molecule has 0 spiro atoms. The molecule has 3 heterocycles. The predicted octanol–water partition coefficient (Wildman–Crippen LogP) is 3.59. The number of hydrogen-bond acceptors (Lipinski definition) is 8. The highest BCUT2D eigenvalue weighted by Crippen LogP contribution is 2.30. The third kappa shape index (κ3) is 7.87. The minimum Gasteiger partial charge on any atom is -0.501 e. The second kappa shape index (κ2) is 12.5. The number of rotatable bonds is 8. The number of hydrogen-bond donors (Lipinski definition) is 1. The average Bonchev–Trinajstić information content (AvgIpc) is 3.45. The molecule has 3 rings (SSSR count). The molecule has 222 valence electrons. The van der Waals surface area contributed by atoms with Crippen molar-refractivity contribution in [3.63, 3.8) is 0 Å². The zero-order valence-corrected chi connectivity index (χ0v) is 23.7. The maximum absolute atomic E-state index is 13.3. The molecule has 1 fully saturated rings. The van der Waals surface area contributed by atoms with E-state index in [1.807, 2.05) is 0 Å². The number of ether oxygens (including phenoxy) is 3. The van der Waals surface area contributed by atoms with Crippen molar-refractivity contribution in [2.45, 2.75) is 85.0 Å². The molecule has 1 N–H and O–H groups in total. The lowest BCUT2D eigenvalue weighted by Gasteiger charge is -2.25. The van der Waals surface area contributed by atoms with Gasteiger partial charge in [0.25, 0.3) is 11.5 Å². The van der Waals surface area contributed by atoms with Crippen LogP contribution in [0.4, 0.5) is 18.0 Å². The largest absolute Gasteiger partial charge is 0.501 e. The van der Waals surface area contributed by atoms with Gasteiger partial charge in [-0.25, -0.2) is 20.0 Å². The van der Waals surface area contributed by atoms with Gasteiger partial charge in [0, 0.05) is 17.6 Å². The van der Waals surface area contributed by atoms with Crippen molar-refractivity contribution in [1.82, 2.24) is 19.6 Å². The summed E-state index contributed by atoms with van der Waals surface area (Å²) in [5.41, 5.74) is -0.412. The fraction of sp³-hybridized carbons (Fsp3) is 0.600. The Morgan fingerprint density at radius 2 is 1.93 bits per heavy atom. The fourth-order valence-corrected chi connectivity index (χ4v) is 5.37. The molecule has 40 heavy (non-hydrogen) atoms. The minimum atomic E-state index is -4.81. The Kier molecular flexibility index (Phi) is 9.72. The number of alkyl halides is 3.